The van der Waals surface area contributed by atoms with Crippen molar-refractivity contribution in [2.45, 2.75) is 56.8 Å². The van der Waals surface area contributed by atoms with Crippen molar-refractivity contribution >= 4 is 67.9 Å². The van der Waals surface area contributed by atoms with E-state index in [4.69, 9.17) is 0 Å². The third-order valence-corrected chi connectivity index (χ3v) is 22.0. The van der Waals surface area contributed by atoms with E-state index in [-0.39, 0.29) is 16.2 Å². The van der Waals surface area contributed by atoms with Gasteiger partial charge in [-0.1, -0.05) is 258 Å². The van der Waals surface area contributed by atoms with E-state index in [2.05, 4.69) is 340 Å². The Hall–Kier alpha value is -11.1. The molecule has 15 aromatic rings. The molecule has 93 heavy (non-hydrogen) atoms. The molecule has 0 atom stereocenters. The summed E-state index contributed by atoms with van der Waals surface area (Å²) in [5.41, 5.74) is 36.0. The second-order valence-corrected chi connectivity index (χ2v) is 27.6. The molecule has 13 aromatic carbocycles. The molecule has 0 amide bonds. The molecule has 0 aliphatic heterocycles. The summed E-state index contributed by atoms with van der Waals surface area (Å²) in [4.78, 5) is 0. The van der Waals surface area contributed by atoms with Crippen LogP contribution in [0.3, 0.4) is 0 Å². The highest BCUT2D eigenvalue weighted by Gasteiger charge is 2.49. The molecular formula is C91H66N2. The van der Waals surface area contributed by atoms with E-state index in [0.29, 0.717) is 0 Å². The van der Waals surface area contributed by atoms with E-state index in [1.165, 1.54) is 177 Å². The van der Waals surface area contributed by atoms with Crippen LogP contribution < -0.4 is 0 Å². The van der Waals surface area contributed by atoms with Crippen molar-refractivity contribution in [2.24, 2.45) is 0 Å². The number of aryl methyl sites for hydroxylation is 1. The lowest BCUT2D eigenvalue weighted by atomic mass is 9.72. The van der Waals surface area contributed by atoms with Gasteiger partial charge < -0.3 is 9.13 Å². The second kappa shape index (κ2) is 20.0. The minimum atomic E-state index is -0.227. The number of rotatable bonds is 8. The number of aromatic nitrogens is 2. The first-order chi connectivity index (χ1) is 45.6. The van der Waals surface area contributed by atoms with E-state index in [0.717, 1.165) is 12.8 Å². The predicted octanol–water partition coefficient (Wildman–Crippen LogP) is 23.4. The Bertz CT molecular complexity index is 5400. The lowest BCUT2D eigenvalue weighted by molar-refractivity contribution is 0.626. The van der Waals surface area contributed by atoms with Crippen molar-refractivity contribution in [3.8, 4) is 67.0 Å². The van der Waals surface area contributed by atoms with Crippen molar-refractivity contribution in [3.63, 3.8) is 0 Å². The van der Waals surface area contributed by atoms with Gasteiger partial charge in [0, 0.05) is 49.2 Å². The van der Waals surface area contributed by atoms with Crippen molar-refractivity contribution in [3.05, 3.63) is 346 Å². The summed E-state index contributed by atoms with van der Waals surface area (Å²) in [6, 6.07) is 106. The van der Waals surface area contributed by atoms with Crippen molar-refractivity contribution in [2.75, 3.05) is 0 Å². The zero-order valence-electron chi connectivity index (χ0n) is 52.7. The maximum atomic E-state index is 2.52. The molecule has 0 saturated carbocycles. The molecule has 0 unspecified atom stereocenters. The van der Waals surface area contributed by atoms with Gasteiger partial charge in [0.05, 0.1) is 22.1 Å². The van der Waals surface area contributed by atoms with Crippen molar-refractivity contribution in [1.29, 1.82) is 0 Å². The van der Waals surface area contributed by atoms with Crippen LogP contribution in [0.2, 0.25) is 0 Å². The minimum absolute atomic E-state index is 0.0677. The monoisotopic (exact) mass is 1190 g/mol. The summed E-state index contributed by atoms with van der Waals surface area (Å²) >= 11 is 0. The molecule has 4 aliphatic carbocycles. The fraction of sp³-hybridized carbons (Fsp3) is 0.0989. The van der Waals surface area contributed by atoms with Crippen LogP contribution in [-0.4, -0.2) is 9.13 Å². The SMILES string of the molecule is CC1(C)c2ccccc2-c2ccc(-n3c4ccccc4c4cc(/C=C/c5ccc(-c6ccc7c(c6)C6(CCc8ccccc86)c6cc(-c8ccc(/C=C/c9ccc%10c(c9)c9ccccc9n%10-c9ccc%10c(c9)C(C)(C)c9ccccc9-%10)cc8)ccc6-7)cc5)ccc43)cc21. The highest BCUT2D eigenvalue weighted by molar-refractivity contribution is 6.11. The van der Waals surface area contributed by atoms with Gasteiger partial charge in [-0.3, -0.25) is 0 Å². The van der Waals surface area contributed by atoms with Crippen molar-refractivity contribution < 1.29 is 0 Å². The largest absolute Gasteiger partial charge is 0.309 e. The molecule has 2 heterocycles. The number of nitrogens with zero attached hydrogens (tertiary/aromatic N) is 2. The summed E-state index contributed by atoms with van der Waals surface area (Å²) in [5, 5.41) is 5.05. The zero-order chi connectivity index (χ0) is 61.9. The van der Waals surface area contributed by atoms with Gasteiger partial charge in [-0.2, -0.15) is 0 Å². The molecule has 4 aliphatic rings. The first kappa shape index (κ1) is 53.7. The number of hydrogen-bond donors (Lipinski definition) is 0. The third kappa shape index (κ3) is 7.95. The molecular weight excluding hydrogens is 1120 g/mol. The number of para-hydroxylation sites is 2. The fourth-order valence-corrected chi connectivity index (χ4v) is 17.3. The predicted molar refractivity (Wildman–Crippen MR) is 392 cm³/mol. The lowest BCUT2D eigenvalue weighted by Gasteiger charge is -2.29. The fourth-order valence-electron chi connectivity index (χ4n) is 17.3. The van der Waals surface area contributed by atoms with Gasteiger partial charge >= 0.3 is 0 Å². The van der Waals surface area contributed by atoms with Crippen LogP contribution >= 0.6 is 0 Å². The van der Waals surface area contributed by atoms with E-state index in [9.17, 15) is 0 Å². The summed E-state index contributed by atoms with van der Waals surface area (Å²) in [5.74, 6) is 0. The molecule has 2 aromatic heterocycles. The highest BCUT2D eigenvalue weighted by atomic mass is 15.0. The standard InChI is InChI=1S/C91H66N2/c1-89(2)79-21-11-6-16-68(79)70-45-41-66(55-81(70)89)92-85-23-13-8-18-74(85)76-51-59(33-47-87(76)92)27-25-57-29-35-61(36-30-57)64-39-43-72-73-44-40-65(54-84(73)91(83(72)53-64)50-49-63-15-5-10-20-78(63)91)62-37-31-58(32-38-62)26-28-60-34-48-88-77(52-60)75-19-9-14-24-86(75)93(88)67-42-46-71-69-17-7-12-22-80(69)90(3,4)82(71)56-67/h5-48,51-56H,49-50H2,1-4H3/b27-25+,28-26+. The van der Waals surface area contributed by atoms with Crippen LogP contribution in [0.1, 0.15) is 101 Å². The quantitative estimate of drug-likeness (QED) is 0.134. The van der Waals surface area contributed by atoms with Gasteiger partial charge in [-0.15, -0.1) is 0 Å². The molecule has 0 N–H and O–H groups in total. The smallest absolute Gasteiger partial charge is 0.0541 e. The van der Waals surface area contributed by atoms with Gasteiger partial charge in [0.15, 0.2) is 0 Å². The number of hydrogen-bond acceptors (Lipinski definition) is 0. The molecule has 19 rings (SSSR count). The van der Waals surface area contributed by atoms with Crippen LogP contribution in [0.15, 0.2) is 279 Å². The number of fused-ring (bicyclic) bond motifs is 19. The van der Waals surface area contributed by atoms with Crippen LogP contribution in [0, 0.1) is 0 Å². The van der Waals surface area contributed by atoms with Crippen LogP contribution in [0.4, 0.5) is 0 Å². The summed E-state index contributed by atoms with van der Waals surface area (Å²) in [7, 11) is 0. The highest BCUT2D eigenvalue weighted by Crippen LogP contribution is 2.60. The Morgan fingerprint density at radius 3 is 1.13 bits per heavy atom. The molecule has 2 heteroatoms. The molecule has 0 radical (unpaired) electrons. The topological polar surface area (TPSA) is 9.86 Å². The normalized spacial score (nSPS) is 15.0. The van der Waals surface area contributed by atoms with Gasteiger partial charge in [0.25, 0.3) is 0 Å². The van der Waals surface area contributed by atoms with Gasteiger partial charge in [0.1, 0.15) is 0 Å². The Balaban J connectivity index is 0.590. The lowest BCUT2D eigenvalue weighted by Crippen LogP contribution is -2.23. The Labute approximate surface area is 543 Å². The van der Waals surface area contributed by atoms with Crippen LogP contribution in [-0.2, 0) is 22.7 Å². The van der Waals surface area contributed by atoms with E-state index in [1.54, 1.807) is 0 Å². The average Bonchev–Trinajstić information content (AvgIpc) is 1.54. The van der Waals surface area contributed by atoms with Gasteiger partial charge in [-0.25, -0.2) is 0 Å². The molecule has 1 spiro atoms. The maximum absolute atomic E-state index is 2.52. The molecule has 0 bridgehead atoms. The van der Waals surface area contributed by atoms with Gasteiger partial charge in [-0.05, 0) is 208 Å². The molecule has 0 fully saturated rings. The summed E-state index contributed by atoms with van der Waals surface area (Å²) in [6.07, 6.45) is 11.2. The first-order valence-electron chi connectivity index (χ1n) is 33.1. The molecule has 440 valence electrons. The molecule has 2 nitrogen and oxygen atoms in total. The van der Waals surface area contributed by atoms with Crippen LogP contribution in [0.25, 0.3) is 135 Å². The second-order valence-electron chi connectivity index (χ2n) is 27.6. The van der Waals surface area contributed by atoms with Crippen molar-refractivity contribution in [1.82, 2.24) is 9.13 Å². The van der Waals surface area contributed by atoms with E-state index < -0.39 is 0 Å². The summed E-state index contributed by atoms with van der Waals surface area (Å²) in [6.45, 7) is 9.45. The molecule has 0 saturated heterocycles. The number of benzene rings is 13. The first-order valence-corrected chi connectivity index (χ1v) is 33.1. The van der Waals surface area contributed by atoms with E-state index >= 15 is 0 Å². The minimum Gasteiger partial charge on any atom is -0.309 e. The van der Waals surface area contributed by atoms with Crippen LogP contribution in [0.5, 0.6) is 0 Å². The average molecular weight is 1190 g/mol. The zero-order valence-corrected chi connectivity index (χ0v) is 52.7. The Morgan fingerprint density at radius 2 is 0.634 bits per heavy atom. The Morgan fingerprint density at radius 1 is 0.269 bits per heavy atom. The van der Waals surface area contributed by atoms with E-state index in [1.807, 2.05) is 0 Å². The summed E-state index contributed by atoms with van der Waals surface area (Å²) < 4.78 is 4.91. The third-order valence-electron chi connectivity index (χ3n) is 22.0. The van der Waals surface area contributed by atoms with Gasteiger partial charge in [0.2, 0.25) is 0 Å². The maximum Gasteiger partial charge on any atom is 0.0541 e. The Kier molecular flexibility index (Phi) is 11.5.